The highest BCUT2D eigenvalue weighted by Crippen LogP contribution is 2.44. The van der Waals surface area contributed by atoms with Gasteiger partial charge in [-0.2, -0.15) is 0 Å². The number of nitrogens with one attached hydrogen (secondary N) is 1. The minimum absolute atomic E-state index is 0.0173. The molecule has 0 aliphatic heterocycles. The third-order valence-corrected chi connectivity index (χ3v) is 6.14. The zero-order chi connectivity index (χ0) is 24.9. The lowest BCUT2D eigenvalue weighted by molar-refractivity contribution is -0.385. The van der Waals surface area contributed by atoms with Gasteiger partial charge < -0.3 is 20.3 Å². The largest absolute Gasteiger partial charge is 0.449 e. The Morgan fingerprint density at radius 2 is 1.69 bits per heavy atom. The zero-order valence-electron chi connectivity index (χ0n) is 18.7. The maximum Gasteiger partial charge on any atom is 0.407 e. The van der Waals surface area contributed by atoms with Crippen LogP contribution in [0.5, 0.6) is 0 Å². The number of hydrogen-bond donors (Lipinski definition) is 3. The molecular weight excluding hydrogens is 452 g/mol. The topological polar surface area (TPSA) is 139 Å². The van der Waals surface area contributed by atoms with Crippen molar-refractivity contribution in [3.8, 4) is 11.1 Å². The van der Waals surface area contributed by atoms with Crippen LogP contribution < -0.4 is 5.32 Å². The van der Waals surface area contributed by atoms with E-state index in [1.807, 2.05) is 48.5 Å². The molecule has 180 valence electrons. The summed E-state index contributed by atoms with van der Waals surface area (Å²) in [5.74, 6) is -0.0781. The van der Waals surface area contributed by atoms with Crippen molar-refractivity contribution in [1.29, 1.82) is 0 Å². The van der Waals surface area contributed by atoms with E-state index in [4.69, 9.17) is 4.74 Å². The van der Waals surface area contributed by atoms with Crippen LogP contribution in [-0.2, 0) is 4.74 Å². The molecule has 3 N–H and O–H groups in total. The number of benzene rings is 3. The van der Waals surface area contributed by atoms with Gasteiger partial charge in [0.1, 0.15) is 12.7 Å². The molecule has 3 aromatic carbocycles. The first kappa shape index (κ1) is 24.1. The Labute approximate surface area is 201 Å². The van der Waals surface area contributed by atoms with Crippen molar-refractivity contribution in [2.75, 3.05) is 13.2 Å². The quantitative estimate of drug-likeness (QED) is 0.243. The van der Waals surface area contributed by atoms with Crippen LogP contribution in [0.15, 0.2) is 66.7 Å². The summed E-state index contributed by atoms with van der Waals surface area (Å²) in [7, 11) is 0. The fourth-order valence-electron chi connectivity index (χ4n) is 4.35. The molecule has 0 aromatic heterocycles. The fourth-order valence-corrected chi connectivity index (χ4v) is 4.35. The molecule has 1 aliphatic carbocycles. The van der Waals surface area contributed by atoms with Crippen LogP contribution >= 0.6 is 0 Å². The van der Waals surface area contributed by atoms with Crippen molar-refractivity contribution < 1.29 is 29.5 Å². The molecule has 2 atom stereocenters. The van der Waals surface area contributed by atoms with Crippen molar-refractivity contribution >= 4 is 18.1 Å². The summed E-state index contributed by atoms with van der Waals surface area (Å²) >= 11 is 0. The molecule has 0 bridgehead atoms. The van der Waals surface area contributed by atoms with E-state index < -0.39 is 28.9 Å². The van der Waals surface area contributed by atoms with Gasteiger partial charge in [0.15, 0.2) is 6.29 Å². The number of carbonyl (C=O) groups excluding carboxylic acids is 2. The Bertz CT molecular complexity index is 1210. The lowest BCUT2D eigenvalue weighted by atomic mass is 9.98. The van der Waals surface area contributed by atoms with E-state index in [-0.39, 0.29) is 36.6 Å². The van der Waals surface area contributed by atoms with E-state index in [1.165, 1.54) is 12.1 Å². The number of ether oxygens (including phenoxy) is 1. The number of hydrogen-bond acceptors (Lipinski definition) is 7. The third kappa shape index (κ3) is 5.06. The average molecular weight is 476 g/mol. The van der Waals surface area contributed by atoms with Gasteiger partial charge in [-0.25, -0.2) is 4.79 Å². The number of nitro benzene ring substituents is 1. The second-order valence-electron chi connectivity index (χ2n) is 8.25. The van der Waals surface area contributed by atoms with Crippen molar-refractivity contribution in [2.45, 2.75) is 24.5 Å². The summed E-state index contributed by atoms with van der Waals surface area (Å²) in [4.78, 5) is 33.6. The van der Waals surface area contributed by atoms with E-state index in [9.17, 15) is 29.9 Å². The number of aliphatic hydroxyl groups is 2. The summed E-state index contributed by atoms with van der Waals surface area (Å²) < 4.78 is 5.43. The number of nitrogens with zero attached hydrogens (tertiary/aromatic N) is 1. The predicted molar refractivity (Wildman–Crippen MR) is 127 cm³/mol. The number of aldehydes is 1. The Balaban J connectivity index is 1.30. The summed E-state index contributed by atoms with van der Waals surface area (Å²) in [5.41, 5.74) is 3.93. The van der Waals surface area contributed by atoms with Gasteiger partial charge in [0.2, 0.25) is 0 Å². The number of amides is 1. The molecule has 0 heterocycles. The predicted octanol–water partition coefficient (Wildman–Crippen LogP) is 3.73. The number of carbonyl (C=O) groups is 2. The Hall–Kier alpha value is -4.08. The smallest absolute Gasteiger partial charge is 0.407 e. The Kier molecular flexibility index (Phi) is 7.19. The van der Waals surface area contributed by atoms with Crippen LogP contribution in [-0.4, -0.2) is 46.8 Å². The van der Waals surface area contributed by atoms with Gasteiger partial charge in [0.25, 0.3) is 5.69 Å². The molecule has 9 heteroatoms. The first-order valence-electron chi connectivity index (χ1n) is 11.1. The fraction of sp³-hybridized carbons (Fsp3) is 0.231. The van der Waals surface area contributed by atoms with Crippen LogP contribution in [0, 0.1) is 10.1 Å². The normalized spacial score (nSPS) is 13.9. The molecule has 9 nitrogen and oxygen atoms in total. The van der Waals surface area contributed by atoms with Crippen LogP contribution in [0.2, 0.25) is 0 Å². The molecule has 1 amide bonds. The van der Waals surface area contributed by atoms with Gasteiger partial charge in [0, 0.05) is 18.5 Å². The molecule has 4 rings (SSSR count). The van der Waals surface area contributed by atoms with E-state index in [0.29, 0.717) is 6.29 Å². The van der Waals surface area contributed by atoms with Gasteiger partial charge in [0.05, 0.1) is 16.6 Å². The monoisotopic (exact) mass is 476 g/mol. The molecule has 0 spiro atoms. The lowest BCUT2D eigenvalue weighted by Gasteiger charge is -2.19. The number of rotatable bonds is 9. The number of nitro groups is 1. The van der Waals surface area contributed by atoms with E-state index in [2.05, 4.69) is 5.32 Å². The molecule has 1 aliphatic rings. The first-order valence-corrected chi connectivity index (χ1v) is 11.1. The SMILES string of the molecule is O=Cc1ccc(C(O)C(O)CCNC(=O)OCC2c3ccccc3-c3ccccc32)cc1[N+](=O)[O-]. The molecule has 3 aromatic rings. The van der Waals surface area contributed by atoms with E-state index in [0.717, 1.165) is 28.3 Å². The molecule has 0 saturated carbocycles. The Morgan fingerprint density at radius 1 is 1.06 bits per heavy atom. The van der Waals surface area contributed by atoms with Gasteiger partial charge >= 0.3 is 6.09 Å². The standard InChI is InChI=1S/C26H24N2O7/c29-14-17-10-9-16(13-23(17)28(33)34)25(31)24(30)11-12-27-26(32)35-15-22-20-7-3-1-5-18(20)19-6-2-4-8-21(19)22/h1-10,13-14,22,24-25,30-31H,11-12,15H2,(H,27,32). The molecular formula is C26H24N2O7. The van der Waals surface area contributed by atoms with Crippen LogP contribution in [0.4, 0.5) is 10.5 Å². The third-order valence-electron chi connectivity index (χ3n) is 6.14. The molecule has 35 heavy (non-hydrogen) atoms. The molecule has 0 saturated heterocycles. The summed E-state index contributed by atoms with van der Waals surface area (Å²) in [5, 5.41) is 34.3. The summed E-state index contributed by atoms with van der Waals surface area (Å²) in [6.45, 7) is 0.168. The van der Waals surface area contributed by atoms with Crippen molar-refractivity contribution in [2.24, 2.45) is 0 Å². The second kappa shape index (κ2) is 10.5. The van der Waals surface area contributed by atoms with Crippen molar-refractivity contribution in [1.82, 2.24) is 5.32 Å². The minimum atomic E-state index is -1.43. The van der Waals surface area contributed by atoms with Crippen LogP contribution in [0.25, 0.3) is 11.1 Å². The zero-order valence-corrected chi connectivity index (χ0v) is 18.7. The van der Waals surface area contributed by atoms with E-state index in [1.54, 1.807) is 0 Å². The second-order valence-corrected chi connectivity index (χ2v) is 8.25. The molecule has 0 radical (unpaired) electrons. The molecule has 2 unspecified atom stereocenters. The van der Waals surface area contributed by atoms with Gasteiger partial charge in [-0.05, 0) is 40.3 Å². The van der Waals surface area contributed by atoms with Crippen LogP contribution in [0.1, 0.15) is 45.5 Å². The van der Waals surface area contributed by atoms with Crippen LogP contribution in [0.3, 0.4) is 0 Å². The van der Waals surface area contributed by atoms with Crippen molar-refractivity contribution in [3.05, 3.63) is 99.1 Å². The number of fused-ring (bicyclic) bond motifs is 3. The minimum Gasteiger partial charge on any atom is -0.449 e. The lowest BCUT2D eigenvalue weighted by Crippen LogP contribution is -2.30. The highest BCUT2D eigenvalue weighted by atomic mass is 16.6. The number of aliphatic hydroxyl groups excluding tert-OH is 2. The van der Waals surface area contributed by atoms with Gasteiger partial charge in [-0.3, -0.25) is 14.9 Å². The maximum absolute atomic E-state index is 12.2. The highest BCUT2D eigenvalue weighted by Gasteiger charge is 2.29. The maximum atomic E-state index is 12.2. The van der Waals surface area contributed by atoms with Crippen molar-refractivity contribution in [3.63, 3.8) is 0 Å². The Morgan fingerprint density at radius 3 is 2.29 bits per heavy atom. The highest BCUT2D eigenvalue weighted by molar-refractivity contribution is 5.81. The van der Waals surface area contributed by atoms with E-state index >= 15 is 0 Å². The van der Waals surface area contributed by atoms with Gasteiger partial charge in [-0.1, -0.05) is 54.6 Å². The molecule has 0 fully saturated rings. The summed E-state index contributed by atoms with van der Waals surface area (Å²) in [6.07, 6.45) is -3.05. The van der Waals surface area contributed by atoms with Gasteiger partial charge in [-0.15, -0.1) is 0 Å². The summed E-state index contributed by atoms with van der Waals surface area (Å²) in [6, 6.07) is 19.6. The number of alkyl carbamates (subject to hydrolysis) is 1. The average Bonchev–Trinajstić information content (AvgIpc) is 3.20. The first-order chi connectivity index (χ1) is 16.9.